The van der Waals surface area contributed by atoms with E-state index in [2.05, 4.69) is 9.97 Å². The highest BCUT2D eigenvalue weighted by molar-refractivity contribution is 5.70. The average Bonchev–Trinajstić information content (AvgIpc) is 2.31. The number of nitrogens with zero attached hydrogens (tertiary/aromatic N) is 1. The molecule has 5 heteroatoms. The molecule has 1 aromatic heterocycles. The topological polar surface area (TPSA) is 83.0 Å². The molecule has 0 atom stereocenters. The molecular weight excluding hydrogens is 244 g/mol. The van der Waals surface area contributed by atoms with Gasteiger partial charge >= 0.3 is 5.97 Å². The van der Waals surface area contributed by atoms with Crippen LogP contribution in [0.25, 0.3) is 11.4 Å². The summed E-state index contributed by atoms with van der Waals surface area (Å²) in [6, 6.07) is 5.83. The molecule has 0 spiro atoms. The zero-order valence-electron chi connectivity index (χ0n) is 10.7. The number of hydrogen-bond donors (Lipinski definition) is 2. The van der Waals surface area contributed by atoms with Gasteiger partial charge in [0.2, 0.25) is 0 Å². The number of hydrogen-bond acceptors (Lipinski definition) is 3. The Balaban J connectivity index is 2.44. The van der Waals surface area contributed by atoms with Crippen molar-refractivity contribution in [3.8, 4) is 11.4 Å². The Bertz CT molecular complexity index is 689. The minimum Gasteiger partial charge on any atom is -0.481 e. The lowest BCUT2D eigenvalue weighted by Gasteiger charge is -2.06. The molecule has 0 bridgehead atoms. The molecule has 5 nitrogen and oxygen atoms in total. The summed E-state index contributed by atoms with van der Waals surface area (Å²) in [6.07, 6.45) is 0.997. The number of aliphatic carboxylic acids is 1. The zero-order valence-corrected chi connectivity index (χ0v) is 10.7. The molecule has 0 saturated carbocycles. The van der Waals surface area contributed by atoms with Gasteiger partial charge in [0.1, 0.15) is 5.82 Å². The van der Waals surface area contributed by atoms with E-state index < -0.39 is 11.5 Å². The quantitative estimate of drug-likeness (QED) is 0.877. The molecular formula is C14H14N2O3. The van der Waals surface area contributed by atoms with Gasteiger partial charge in [0.25, 0.3) is 5.56 Å². The molecule has 2 rings (SSSR count). The van der Waals surface area contributed by atoms with Crippen LogP contribution in [-0.2, 0) is 11.2 Å². The van der Waals surface area contributed by atoms with Crippen molar-refractivity contribution < 1.29 is 9.90 Å². The molecule has 1 aromatic carbocycles. The molecule has 1 heterocycles. The Kier molecular flexibility index (Phi) is 3.46. The second-order valence-corrected chi connectivity index (χ2v) is 4.48. The van der Waals surface area contributed by atoms with Gasteiger partial charge < -0.3 is 10.1 Å². The fourth-order valence-electron chi connectivity index (χ4n) is 1.93. The van der Waals surface area contributed by atoms with E-state index in [0.717, 1.165) is 16.7 Å². The van der Waals surface area contributed by atoms with Gasteiger partial charge in [-0.05, 0) is 19.4 Å². The summed E-state index contributed by atoms with van der Waals surface area (Å²) in [5.41, 5.74) is 2.72. The van der Waals surface area contributed by atoms with Crippen molar-refractivity contribution in [3.63, 3.8) is 0 Å². The van der Waals surface area contributed by atoms with Crippen LogP contribution in [0.1, 0.15) is 16.7 Å². The van der Waals surface area contributed by atoms with E-state index in [9.17, 15) is 9.59 Å². The van der Waals surface area contributed by atoms with Crippen molar-refractivity contribution in [2.24, 2.45) is 0 Å². The van der Waals surface area contributed by atoms with Gasteiger partial charge in [0.15, 0.2) is 0 Å². The standard InChI is InChI=1S/C14H14N2O3/c1-8-3-4-11(9(2)5-8)13-15-7-10(6-12(17)18)14(19)16-13/h3-5,7H,6H2,1-2H3,(H,17,18)(H,15,16,19). The fourth-order valence-corrected chi connectivity index (χ4v) is 1.93. The lowest BCUT2D eigenvalue weighted by atomic mass is 10.1. The number of carboxylic acid groups (broad SMARTS) is 1. The maximum Gasteiger partial charge on any atom is 0.308 e. The Morgan fingerprint density at radius 1 is 1.37 bits per heavy atom. The molecule has 2 N–H and O–H groups in total. The number of rotatable bonds is 3. The van der Waals surface area contributed by atoms with Crippen molar-refractivity contribution >= 4 is 5.97 Å². The lowest BCUT2D eigenvalue weighted by Crippen LogP contribution is -2.17. The first kappa shape index (κ1) is 13.0. The highest BCUT2D eigenvalue weighted by Gasteiger charge is 2.09. The Morgan fingerprint density at radius 2 is 2.11 bits per heavy atom. The van der Waals surface area contributed by atoms with Crippen LogP contribution < -0.4 is 5.56 Å². The molecule has 0 aliphatic heterocycles. The van der Waals surface area contributed by atoms with Crippen LogP contribution in [-0.4, -0.2) is 21.0 Å². The first-order chi connectivity index (χ1) is 8.97. The number of carbonyl (C=O) groups is 1. The van der Waals surface area contributed by atoms with Gasteiger partial charge in [-0.2, -0.15) is 0 Å². The summed E-state index contributed by atoms with van der Waals surface area (Å²) in [4.78, 5) is 29.1. The average molecular weight is 258 g/mol. The Morgan fingerprint density at radius 3 is 2.68 bits per heavy atom. The maximum atomic E-state index is 11.8. The number of aromatic amines is 1. The van der Waals surface area contributed by atoms with Crippen LogP contribution in [0.2, 0.25) is 0 Å². The van der Waals surface area contributed by atoms with Gasteiger partial charge in [0, 0.05) is 17.3 Å². The van der Waals surface area contributed by atoms with Crippen LogP contribution >= 0.6 is 0 Å². The van der Waals surface area contributed by atoms with Gasteiger partial charge in [0.05, 0.1) is 6.42 Å². The number of benzene rings is 1. The molecule has 0 saturated heterocycles. The van der Waals surface area contributed by atoms with Crippen LogP contribution in [0.15, 0.2) is 29.2 Å². The highest BCUT2D eigenvalue weighted by Crippen LogP contribution is 2.19. The van der Waals surface area contributed by atoms with Crippen LogP contribution in [0.5, 0.6) is 0 Å². The smallest absolute Gasteiger partial charge is 0.308 e. The zero-order chi connectivity index (χ0) is 14.0. The minimum atomic E-state index is -1.05. The normalized spacial score (nSPS) is 10.4. The first-order valence-corrected chi connectivity index (χ1v) is 5.85. The van der Waals surface area contributed by atoms with Crippen molar-refractivity contribution in [1.29, 1.82) is 0 Å². The van der Waals surface area contributed by atoms with Crippen molar-refractivity contribution in [3.05, 3.63) is 51.4 Å². The Hall–Kier alpha value is -2.43. The van der Waals surface area contributed by atoms with Crippen LogP contribution in [0, 0.1) is 13.8 Å². The number of nitrogens with one attached hydrogen (secondary N) is 1. The molecule has 19 heavy (non-hydrogen) atoms. The van der Waals surface area contributed by atoms with E-state index in [1.807, 2.05) is 32.0 Å². The molecule has 0 amide bonds. The van der Waals surface area contributed by atoms with Gasteiger partial charge in [-0.15, -0.1) is 0 Å². The summed E-state index contributed by atoms with van der Waals surface area (Å²) in [5, 5.41) is 8.67. The monoisotopic (exact) mass is 258 g/mol. The van der Waals surface area contributed by atoms with Gasteiger partial charge in [-0.1, -0.05) is 23.8 Å². The maximum absolute atomic E-state index is 11.8. The largest absolute Gasteiger partial charge is 0.481 e. The minimum absolute atomic E-state index is 0.154. The predicted octanol–water partition coefficient (Wildman–Crippen LogP) is 1.68. The molecule has 0 unspecified atom stereocenters. The Labute approximate surface area is 110 Å². The summed E-state index contributed by atoms with van der Waals surface area (Å²) in [7, 11) is 0. The SMILES string of the molecule is Cc1ccc(-c2ncc(CC(=O)O)c(=O)[nH]2)c(C)c1. The summed E-state index contributed by atoms with van der Waals surface area (Å²) in [6.45, 7) is 3.93. The van der Waals surface area contributed by atoms with Crippen LogP contribution in [0.3, 0.4) is 0 Å². The lowest BCUT2D eigenvalue weighted by molar-refractivity contribution is -0.136. The van der Waals surface area contributed by atoms with E-state index in [0.29, 0.717) is 5.82 Å². The predicted molar refractivity (Wildman–Crippen MR) is 71.1 cm³/mol. The third-order valence-electron chi connectivity index (χ3n) is 2.85. The van der Waals surface area contributed by atoms with Crippen molar-refractivity contribution in [2.75, 3.05) is 0 Å². The van der Waals surface area contributed by atoms with E-state index in [1.165, 1.54) is 6.20 Å². The first-order valence-electron chi connectivity index (χ1n) is 5.85. The van der Waals surface area contributed by atoms with Gasteiger partial charge in [-0.3, -0.25) is 9.59 Å². The van der Waals surface area contributed by atoms with E-state index >= 15 is 0 Å². The number of carboxylic acids is 1. The molecule has 98 valence electrons. The molecule has 0 fully saturated rings. The molecule has 0 aliphatic rings. The van der Waals surface area contributed by atoms with Crippen molar-refractivity contribution in [2.45, 2.75) is 20.3 Å². The van der Waals surface area contributed by atoms with E-state index in [4.69, 9.17) is 5.11 Å². The number of aromatic nitrogens is 2. The summed E-state index contributed by atoms with van der Waals surface area (Å²) >= 11 is 0. The third-order valence-corrected chi connectivity index (χ3v) is 2.85. The second kappa shape index (κ2) is 5.06. The van der Waals surface area contributed by atoms with E-state index in [-0.39, 0.29) is 12.0 Å². The molecule has 0 aliphatic carbocycles. The summed E-state index contributed by atoms with van der Waals surface area (Å²) in [5.74, 6) is -0.594. The third kappa shape index (κ3) is 2.88. The van der Waals surface area contributed by atoms with Crippen LogP contribution in [0.4, 0.5) is 0 Å². The fraction of sp³-hybridized carbons (Fsp3) is 0.214. The van der Waals surface area contributed by atoms with Crippen molar-refractivity contribution in [1.82, 2.24) is 9.97 Å². The number of aryl methyl sites for hydroxylation is 2. The number of H-pyrrole nitrogens is 1. The summed E-state index contributed by atoms with van der Waals surface area (Å²) < 4.78 is 0. The molecule has 0 radical (unpaired) electrons. The second-order valence-electron chi connectivity index (χ2n) is 4.48. The van der Waals surface area contributed by atoms with E-state index in [1.54, 1.807) is 0 Å². The van der Waals surface area contributed by atoms with Gasteiger partial charge in [-0.25, -0.2) is 4.98 Å². The highest BCUT2D eigenvalue weighted by atomic mass is 16.4. The molecule has 2 aromatic rings.